The second-order valence-electron chi connectivity index (χ2n) is 6.34. The highest BCUT2D eigenvalue weighted by molar-refractivity contribution is 14.0. The molecule has 0 bridgehead atoms. The van der Waals surface area contributed by atoms with Crippen LogP contribution in [0.4, 0.5) is 0 Å². The fraction of sp³-hybridized carbons (Fsp3) is 0.579. The number of likely N-dealkylation sites (tertiary alicyclic amines) is 1. The zero-order valence-corrected chi connectivity index (χ0v) is 18.0. The van der Waals surface area contributed by atoms with Crippen molar-refractivity contribution < 1.29 is 4.74 Å². The molecule has 26 heavy (non-hydrogen) atoms. The van der Waals surface area contributed by atoms with Crippen LogP contribution in [0.3, 0.4) is 0 Å². The summed E-state index contributed by atoms with van der Waals surface area (Å²) < 4.78 is 5.12. The van der Waals surface area contributed by atoms with E-state index in [4.69, 9.17) is 10.00 Å². The number of halogens is 1. The van der Waals surface area contributed by atoms with E-state index in [-0.39, 0.29) is 24.0 Å². The molecule has 0 unspecified atom stereocenters. The maximum Gasteiger partial charge on any atom is 0.191 e. The summed E-state index contributed by atoms with van der Waals surface area (Å²) in [7, 11) is 3.55. The third-order valence-corrected chi connectivity index (χ3v) is 4.49. The summed E-state index contributed by atoms with van der Waals surface area (Å²) in [5.41, 5.74) is 1.76. The lowest BCUT2D eigenvalue weighted by atomic mass is 10.1. The summed E-state index contributed by atoms with van der Waals surface area (Å²) in [6.45, 7) is 4.83. The van der Waals surface area contributed by atoms with Gasteiger partial charge in [0.15, 0.2) is 5.96 Å². The third kappa shape index (κ3) is 7.89. The van der Waals surface area contributed by atoms with Crippen molar-refractivity contribution in [2.75, 3.05) is 40.4 Å². The Morgan fingerprint density at radius 2 is 2.15 bits per heavy atom. The minimum Gasteiger partial charge on any atom is -0.385 e. The van der Waals surface area contributed by atoms with E-state index in [0.717, 1.165) is 57.0 Å². The van der Waals surface area contributed by atoms with Gasteiger partial charge in [0.05, 0.1) is 11.6 Å². The van der Waals surface area contributed by atoms with Gasteiger partial charge in [-0.05, 0) is 37.0 Å². The van der Waals surface area contributed by atoms with Crippen LogP contribution in [0.25, 0.3) is 0 Å². The Morgan fingerprint density at radius 1 is 1.38 bits per heavy atom. The minimum atomic E-state index is 0. The number of hydrogen-bond donors (Lipinski definition) is 2. The fourth-order valence-corrected chi connectivity index (χ4v) is 3.06. The van der Waals surface area contributed by atoms with Gasteiger partial charge >= 0.3 is 0 Å². The molecule has 7 heteroatoms. The zero-order chi connectivity index (χ0) is 17.9. The summed E-state index contributed by atoms with van der Waals surface area (Å²) in [6, 6.07) is 10.3. The lowest BCUT2D eigenvalue weighted by Gasteiger charge is -2.33. The molecule has 0 aromatic heterocycles. The average Bonchev–Trinajstić information content (AvgIpc) is 2.66. The lowest BCUT2D eigenvalue weighted by Crippen LogP contribution is -2.48. The molecule has 1 heterocycles. The first-order chi connectivity index (χ1) is 12.2. The van der Waals surface area contributed by atoms with Crippen molar-refractivity contribution >= 4 is 29.9 Å². The van der Waals surface area contributed by atoms with Crippen LogP contribution in [0.1, 0.15) is 30.4 Å². The van der Waals surface area contributed by atoms with Crippen molar-refractivity contribution in [3.05, 3.63) is 35.4 Å². The van der Waals surface area contributed by atoms with Gasteiger partial charge in [-0.25, -0.2) is 0 Å². The lowest BCUT2D eigenvalue weighted by molar-refractivity contribution is 0.155. The minimum absolute atomic E-state index is 0. The van der Waals surface area contributed by atoms with Crippen LogP contribution in [-0.2, 0) is 11.3 Å². The quantitative estimate of drug-likeness (QED) is 0.277. The van der Waals surface area contributed by atoms with E-state index in [9.17, 15) is 0 Å². The number of guanidine groups is 1. The summed E-state index contributed by atoms with van der Waals surface area (Å²) in [4.78, 5) is 6.82. The predicted octanol–water partition coefficient (Wildman–Crippen LogP) is 2.34. The van der Waals surface area contributed by atoms with Crippen molar-refractivity contribution in [1.82, 2.24) is 15.5 Å². The number of nitriles is 1. The van der Waals surface area contributed by atoms with E-state index in [1.54, 1.807) is 14.2 Å². The third-order valence-electron chi connectivity index (χ3n) is 4.49. The van der Waals surface area contributed by atoms with Gasteiger partial charge < -0.3 is 20.3 Å². The molecule has 0 aliphatic carbocycles. The van der Waals surface area contributed by atoms with Gasteiger partial charge in [-0.1, -0.05) is 12.1 Å². The molecule has 0 atom stereocenters. The number of hydrogen-bond acceptors (Lipinski definition) is 4. The first-order valence-electron chi connectivity index (χ1n) is 8.92. The van der Waals surface area contributed by atoms with E-state index in [1.165, 1.54) is 0 Å². The first kappa shape index (κ1) is 22.7. The number of benzene rings is 1. The van der Waals surface area contributed by atoms with Gasteiger partial charge in [0.2, 0.25) is 0 Å². The Hall–Kier alpha value is -1.37. The van der Waals surface area contributed by atoms with Crippen LogP contribution in [0.5, 0.6) is 0 Å². The Bertz CT molecular complexity index is 594. The molecule has 1 aliphatic heterocycles. The topological polar surface area (TPSA) is 72.7 Å². The van der Waals surface area contributed by atoms with Crippen LogP contribution < -0.4 is 10.6 Å². The number of aliphatic imine (C=N–C) groups is 1. The van der Waals surface area contributed by atoms with E-state index in [2.05, 4.69) is 26.6 Å². The van der Waals surface area contributed by atoms with Gasteiger partial charge in [0.1, 0.15) is 0 Å². The molecular weight excluding hydrogens is 441 g/mol. The predicted molar refractivity (Wildman–Crippen MR) is 116 cm³/mol. The Balaban J connectivity index is 0.00000338. The second-order valence-corrected chi connectivity index (χ2v) is 6.34. The van der Waals surface area contributed by atoms with Crippen LogP contribution >= 0.6 is 24.0 Å². The van der Waals surface area contributed by atoms with E-state index >= 15 is 0 Å². The summed E-state index contributed by atoms with van der Waals surface area (Å²) in [5.74, 6) is 0.820. The highest BCUT2D eigenvalue weighted by atomic mass is 127. The van der Waals surface area contributed by atoms with Crippen LogP contribution in [0, 0.1) is 11.3 Å². The molecule has 0 saturated carbocycles. The maximum absolute atomic E-state index is 8.97. The van der Waals surface area contributed by atoms with E-state index in [0.29, 0.717) is 18.2 Å². The molecule has 1 fully saturated rings. The molecule has 0 amide bonds. The number of ether oxygens (including phenoxy) is 1. The number of nitrogens with one attached hydrogen (secondary N) is 2. The van der Waals surface area contributed by atoms with Crippen molar-refractivity contribution in [2.24, 2.45) is 4.99 Å². The highest BCUT2D eigenvalue weighted by Crippen LogP contribution is 2.11. The van der Waals surface area contributed by atoms with Gasteiger partial charge in [0.25, 0.3) is 0 Å². The Labute approximate surface area is 174 Å². The van der Waals surface area contributed by atoms with Crippen LogP contribution in [0.2, 0.25) is 0 Å². The highest BCUT2D eigenvalue weighted by Gasteiger charge is 2.19. The molecule has 1 aromatic rings. The van der Waals surface area contributed by atoms with Gasteiger partial charge in [-0.15, -0.1) is 24.0 Å². The average molecular weight is 471 g/mol. The Kier molecular flexibility index (Phi) is 11.2. The molecular formula is C19H30IN5O. The number of nitrogens with zero attached hydrogens (tertiary/aromatic N) is 3. The summed E-state index contributed by atoms with van der Waals surface area (Å²) >= 11 is 0. The summed E-state index contributed by atoms with van der Waals surface area (Å²) in [5, 5.41) is 15.8. The normalized spacial score (nSPS) is 15.8. The summed E-state index contributed by atoms with van der Waals surface area (Å²) in [6.07, 6.45) is 3.34. The van der Waals surface area contributed by atoms with E-state index in [1.807, 2.05) is 24.3 Å². The van der Waals surface area contributed by atoms with Crippen molar-refractivity contribution in [1.29, 1.82) is 5.26 Å². The largest absolute Gasteiger partial charge is 0.385 e. The molecule has 1 saturated heterocycles. The van der Waals surface area contributed by atoms with Crippen molar-refractivity contribution in [3.8, 4) is 6.07 Å². The van der Waals surface area contributed by atoms with Gasteiger partial charge in [-0.2, -0.15) is 5.26 Å². The van der Waals surface area contributed by atoms with Crippen molar-refractivity contribution in [3.63, 3.8) is 0 Å². The Morgan fingerprint density at radius 3 is 2.81 bits per heavy atom. The van der Waals surface area contributed by atoms with Crippen LogP contribution in [0.15, 0.2) is 29.3 Å². The van der Waals surface area contributed by atoms with E-state index < -0.39 is 0 Å². The SMILES string of the molecule is CN=C(NCc1cccc(C#N)c1)NC1CCN(CCCOC)CC1.I. The molecule has 0 radical (unpaired) electrons. The fourth-order valence-electron chi connectivity index (χ4n) is 3.06. The molecule has 2 rings (SSSR count). The molecule has 1 aromatic carbocycles. The molecule has 0 spiro atoms. The molecule has 2 N–H and O–H groups in total. The number of piperidine rings is 1. The standard InChI is InChI=1S/C19H29N5O.HI/c1-21-19(22-15-17-6-3-5-16(13-17)14-20)23-18-7-10-24(11-8-18)9-4-12-25-2;/h3,5-6,13,18H,4,7-12,15H2,1-2H3,(H2,21,22,23);1H. The van der Waals surface area contributed by atoms with Gasteiger partial charge in [0, 0.05) is 53.0 Å². The van der Waals surface area contributed by atoms with Crippen molar-refractivity contribution in [2.45, 2.75) is 31.8 Å². The zero-order valence-electron chi connectivity index (χ0n) is 15.7. The number of methoxy groups -OCH3 is 1. The second kappa shape index (κ2) is 12.9. The number of rotatable bonds is 7. The van der Waals surface area contributed by atoms with Gasteiger partial charge in [-0.3, -0.25) is 4.99 Å². The molecule has 144 valence electrons. The molecule has 1 aliphatic rings. The smallest absolute Gasteiger partial charge is 0.191 e. The first-order valence-corrected chi connectivity index (χ1v) is 8.92. The van der Waals surface area contributed by atoms with Crippen LogP contribution in [-0.4, -0.2) is 57.3 Å². The maximum atomic E-state index is 8.97. The monoisotopic (exact) mass is 471 g/mol. The molecule has 6 nitrogen and oxygen atoms in total.